The van der Waals surface area contributed by atoms with E-state index in [9.17, 15) is 9.90 Å². The fourth-order valence-electron chi connectivity index (χ4n) is 1.60. The lowest BCUT2D eigenvalue weighted by Crippen LogP contribution is -2.17. The monoisotopic (exact) mass is 339 g/mol. The van der Waals surface area contributed by atoms with Crippen LogP contribution in [-0.2, 0) is 0 Å². The van der Waals surface area contributed by atoms with Gasteiger partial charge in [-0.1, -0.05) is 23.2 Å². The molecule has 0 radical (unpaired) electrons. The minimum atomic E-state index is -0.450. The third kappa shape index (κ3) is 3.47. The number of hydrazone groups is 1. The minimum Gasteiger partial charge on any atom is -0.504 e. The zero-order valence-corrected chi connectivity index (χ0v) is 12.9. The molecule has 1 heterocycles. The number of amides is 1. The van der Waals surface area contributed by atoms with Gasteiger partial charge in [0, 0.05) is 18.5 Å². The smallest absolute Gasteiger partial charge is 0.272 e. The molecule has 22 heavy (non-hydrogen) atoms. The van der Waals surface area contributed by atoms with E-state index in [0.717, 1.165) is 0 Å². The molecule has 2 rings (SSSR count). The van der Waals surface area contributed by atoms with E-state index < -0.39 is 5.91 Å². The van der Waals surface area contributed by atoms with Gasteiger partial charge in [-0.2, -0.15) is 5.10 Å². The van der Waals surface area contributed by atoms with E-state index in [1.807, 2.05) is 0 Å². The number of pyridine rings is 1. The first kappa shape index (κ1) is 16.1. The summed E-state index contributed by atoms with van der Waals surface area (Å²) in [7, 11) is 1.38. The molecule has 0 bridgehead atoms. The minimum absolute atomic E-state index is 0.0966. The van der Waals surface area contributed by atoms with E-state index in [4.69, 9.17) is 27.9 Å². The van der Waals surface area contributed by atoms with Gasteiger partial charge in [0.25, 0.3) is 5.91 Å². The summed E-state index contributed by atoms with van der Waals surface area (Å²) in [6.45, 7) is 0. The quantitative estimate of drug-likeness (QED) is 0.662. The average molecular weight is 340 g/mol. The molecular weight excluding hydrogens is 329 g/mol. The largest absolute Gasteiger partial charge is 0.504 e. The summed E-state index contributed by atoms with van der Waals surface area (Å²) in [6.07, 6.45) is 4.13. The zero-order chi connectivity index (χ0) is 16.1. The predicted molar refractivity (Wildman–Crippen MR) is 84.0 cm³/mol. The second-order valence-corrected chi connectivity index (χ2v) is 4.86. The molecule has 0 aliphatic heterocycles. The number of phenolic OH excluding ortho intramolecular Hbond substituents is 1. The molecule has 2 aromatic rings. The molecule has 114 valence electrons. The standard InChI is InChI=1S/C14H11Cl2N3O3/c1-22-11-5-10(15)12(16)9(13(11)20)7-18-19-14(21)8-3-2-4-17-6-8/h2-7,20H,1H3,(H,19,21). The van der Waals surface area contributed by atoms with Crippen molar-refractivity contribution in [3.63, 3.8) is 0 Å². The van der Waals surface area contributed by atoms with Crippen molar-refractivity contribution in [3.05, 3.63) is 51.8 Å². The Bertz CT molecular complexity index is 721. The molecule has 1 aromatic heterocycles. The molecule has 1 amide bonds. The Morgan fingerprint density at radius 3 is 2.91 bits per heavy atom. The molecule has 0 atom stereocenters. The Balaban J connectivity index is 2.20. The van der Waals surface area contributed by atoms with Crippen LogP contribution < -0.4 is 10.2 Å². The summed E-state index contributed by atoms with van der Waals surface area (Å²) in [6, 6.07) is 4.60. The van der Waals surface area contributed by atoms with E-state index in [1.165, 1.54) is 25.6 Å². The van der Waals surface area contributed by atoms with Gasteiger partial charge in [-0.25, -0.2) is 5.43 Å². The molecule has 2 N–H and O–H groups in total. The molecule has 8 heteroatoms. The summed E-state index contributed by atoms with van der Waals surface area (Å²) in [5, 5.41) is 14.0. The van der Waals surface area contributed by atoms with Crippen molar-refractivity contribution < 1.29 is 14.6 Å². The predicted octanol–water partition coefficient (Wildman–Crippen LogP) is 2.87. The Morgan fingerprint density at radius 2 is 2.27 bits per heavy atom. The molecule has 1 aromatic carbocycles. The number of hydrogen-bond acceptors (Lipinski definition) is 5. The van der Waals surface area contributed by atoms with E-state index in [2.05, 4.69) is 15.5 Å². The van der Waals surface area contributed by atoms with E-state index in [0.29, 0.717) is 5.56 Å². The normalized spacial score (nSPS) is 10.7. The van der Waals surface area contributed by atoms with Crippen LogP contribution in [0.3, 0.4) is 0 Å². The number of carbonyl (C=O) groups is 1. The van der Waals surface area contributed by atoms with Crippen LogP contribution in [0.1, 0.15) is 15.9 Å². The van der Waals surface area contributed by atoms with Crippen LogP contribution in [0.15, 0.2) is 35.7 Å². The average Bonchev–Trinajstić information content (AvgIpc) is 2.54. The van der Waals surface area contributed by atoms with Crippen molar-refractivity contribution in [2.24, 2.45) is 5.10 Å². The van der Waals surface area contributed by atoms with Crippen LogP contribution >= 0.6 is 23.2 Å². The maximum absolute atomic E-state index is 11.8. The van der Waals surface area contributed by atoms with Crippen LogP contribution in [0.2, 0.25) is 10.0 Å². The highest BCUT2D eigenvalue weighted by molar-refractivity contribution is 6.43. The van der Waals surface area contributed by atoms with Gasteiger partial charge in [0.2, 0.25) is 0 Å². The van der Waals surface area contributed by atoms with Crippen molar-refractivity contribution in [1.29, 1.82) is 0 Å². The Hall–Kier alpha value is -2.31. The third-order valence-corrected chi connectivity index (χ3v) is 3.50. The lowest BCUT2D eigenvalue weighted by atomic mass is 10.2. The number of nitrogens with zero attached hydrogens (tertiary/aromatic N) is 2. The molecule has 0 fully saturated rings. The van der Waals surface area contributed by atoms with Crippen molar-refractivity contribution >= 4 is 35.3 Å². The molecule has 0 saturated heterocycles. The maximum atomic E-state index is 11.8. The van der Waals surface area contributed by atoms with Gasteiger partial charge in [0.05, 0.1) is 34.5 Å². The molecule has 0 unspecified atom stereocenters. The molecule has 0 aliphatic carbocycles. The van der Waals surface area contributed by atoms with E-state index in [-0.39, 0.29) is 27.1 Å². The van der Waals surface area contributed by atoms with Gasteiger partial charge < -0.3 is 9.84 Å². The number of benzene rings is 1. The number of hydrogen-bond donors (Lipinski definition) is 2. The van der Waals surface area contributed by atoms with E-state index >= 15 is 0 Å². The lowest BCUT2D eigenvalue weighted by Gasteiger charge is -2.09. The molecular formula is C14H11Cl2N3O3. The number of halogens is 2. The van der Waals surface area contributed by atoms with Crippen LogP contribution in [0.4, 0.5) is 0 Å². The first-order valence-corrected chi connectivity index (χ1v) is 6.78. The maximum Gasteiger partial charge on any atom is 0.272 e. The van der Waals surface area contributed by atoms with Crippen LogP contribution in [0, 0.1) is 0 Å². The van der Waals surface area contributed by atoms with Gasteiger partial charge in [0.15, 0.2) is 11.5 Å². The number of methoxy groups -OCH3 is 1. The summed E-state index contributed by atoms with van der Waals surface area (Å²) in [5.74, 6) is -0.528. The highest BCUT2D eigenvalue weighted by Crippen LogP contribution is 2.38. The lowest BCUT2D eigenvalue weighted by molar-refractivity contribution is 0.0954. The van der Waals surface area contributed by atoms with Gasteiger partial charge in [-0.15, -0.1) is 0 Å². The fourth-order valence-corrected chi connectivity index (χ4v) is 2.00. The summed E-state index contributed by atoms with van der Waals surface area (Å²) in [5.41, 5.74) is 2.78. The fraction of sp³-hybridized carbons (Fsp3) is 0.0714. The highest BCUT2D eigenvalue weighted by atomic mass is 35.5. The first-order chi connectivity index (χ1) is 10.5. The summed E-state index contributed by atoms with van der Waals surface area (Å²) < 4.78 is 4.97. The van der Waals surface area contributed by atoms with Crippen molar-refractivity contribution in [3.8, 4) is 11.5 Å². The second-order valence-electron chi connectivity index (χ2n) is 4.08. The number of aromatic nitrogens is 1. The Labute approximate surface area is 136 Å². The third-order valence-electron chi connectivity index (χ3n) is 2.70. The summed E-state index contributed by atoms with van der Waals surface area (Å²) >= 11 is 11.9. The Morgan fingerprint density at radius 1 is 1.50 bits per heavy atom. The molecule has 0 aliphatic rings. The van der Waals surface area contributed by atoms with Gasteiger partial charge >= 0.3 is 0 Å². The number of ether oxygens (including phenoxy) is 1. The van der Waals surface area contributed by atoms with Crippen molar-refractivity contribution in [1.82, 2.24) is 10.4 Å². The van der Waals surface area contributed by atoms with Crippen LogP contribution in [-0.4, -0.2) is 29.3 Å². The van der Waals surface area contributed by atoms with Gasteiger partial charge in [-0.05, 0) is 12.1 Å². The SMILES string of the molecule is COc1cc(Cl)c(Cl)c(C=NNC(=O)c2cccnc2)c1O. The zero-order valence-electron chi connectivity index (χ0n) is 11.4. The van der Waals surface area contributed by atoms with Crippen LogP contribution in [0.5, 0.6) is 11.5 Å². The topological polar surface area (TPSA) is 83.8 Å². The van der Waals surface area contributed by atoms with Crippen molar-refractivity contribution in [2.75, 3.05) is 7.11 Å². The molecule has 0 saturated carbocycles. The van der Waals surface area contributed by atoms with E-state index in [1.54, 1.807) is 18.3 Å². The van der Waals surface area contributed by atoms with Crippen LogP contribution in [0.25, 0.3) is 0 Å². The highest BCUT2D eigenvalue weighted by Gasteiger charge is 2.15. The molecule has 0 spiro atoms. The Kier molecular flexibility index (Phi) is 5.19. The number of nitrogens with one attached hydrogen (secondary N) is 1. The number of aromatic hydroxyl groups is 1. The molecule has 6 nitrogen and oxygen atoms in total. The first-order valence-electron chi connectivity index (χ1n) is 6.03. The summed E-state index contributed by atoms with van der Waals surface area (Å²) in [4.78, 5) is 15.6. The number of carbonyl (C=O) groups excluding carboxylic acids is 1. The van der Waals surface area contributed by atoms with Crippen molar-refractivity contribution in [2.45, 2.75) is 0 Å². The van der Waals surface area contributed by atoms with Gasteiger partial charge in [0.1, 0.15) is 0 Å². The number of phenols is 1. The second kappa shape index (κ2) is 7.11. The number of rotatable bonds is 4. The van der Waals surface area contributed by atoms with Gasteiger partial charge in [-0.3, -0.25) is 9.78 Å².